The second kappa shape index (κ2) is 8.52. The Morgan fingerprint density at radius 1 is 1.16 bits per heavy atom. The van der Waals surface area contributed by atoms with Crippen molar-refractivity contribution in [2.75, 3.05) is 24.6 Å². The van der Waals surface area contributed by atoms with Crippen LogP contribution in [-0.4, -0.2) is 57.5 Å². The number of para-hydroxylation sites is 1. The van der Waals surface area contributed by atoms with E-state index in [-0.39, 0.29) is 30.7 Å². The minimum Gasteiger partial charge on any atom is -0.364 e. The summed E-state index contributed by atoms with van der Waals surface area (Å²) in [5.41, 5.74) is 3.10. The summed E-state index contributed by atoms with van der Waals surface area (Å²) in [5, 5.41) is 9.00. The van der Waals surface area contributed by atoms with Gasteiger partial charge in [-0.1, -0.05) is 12.1 Å². The van der Waals surface area contributed by atoms with Crippen molar-refractivity contribution in [3.05, 3.63) is 60.0 Å². The number of nitrogens with zero attached hydrogens (tertiary/aromatic N) is 6. The van der Waals surface area contributed by atoms with Gasteiger partial charge in [0.1, 0.15) is 18.5 Å². The molecular formula is C24H24N6O2. The fourth-order valence-electron chi connectivity index (χ4n) is 4.81. The SMILES string of the molecule is CC(OCC(=O)N1CC2CCC(C1)N2c1ccc(C#N)cn1)c1cccc2nccnc12. The summed E-state index contributed by atoms with van der Waals surface area (Å²) >= 11 is 0. The standard InChI is InChI=1S/C24H24N6O2/c1-16(20-3-2-4-21-24(20)27-10-9-26-21)32-15-23(31)29-13-18-6-7-19(14-29)30(18)22-8-5-17(11-25)12-28-22/h2-5,8-10,12,16,18-19H,6-7,13-15H2,1H3. The highest BCUT2D eigenvalue weighted by Crippen LogP contribution is 2.34. The van der Waals surface area contributed by atoms with Crippen molar-refractivity contribution in [1.29, 1.82) is 5.26 Å². The predicted molar refractivity (Wildman–Crippen MR) is 119 cm³/mol. The Morgan fingerprint density at radius 2 is 1.94 bits per heavy atom. The van der Waals surface area contributed by atoms with E-state index in [9.17, 15) is 4.79 Å². The molecule has 162 valence electrons. The highest BCUT2D eigenvalue weighted by atomic mass is 16.5. The molecule has 4 heterocycles. The number of anilines is 1. The number of aromatic nitrogens is 3. The van der Waals surface area contributed by atoms with Crippen LogP contribution in [0.4, 0.5) is 5.82 Å². The first kappa shape index (κ1) is 20.3. The molecule has 1 aromatic carbocycles. The van der Waals surface area contributed by atoms with Crippen LogP contribution in [0, 0.1) is 11.3 Å². The lowest BCUT2D eigenvalue weighted by Crippen LogP contribution is -2.56. The summed E-state index contributed by atoms with van der Waals surface area (Å²) in [5.74, 6) is 0.887. The van der Waals surface area contributed by atoms with E-state index in [4.69, 9.17) is 10.00 Å². The Bertz CT molecular complexity index is 1160. The van der Waals surface area contributed by atoms with Crippen molar-refractivity contribution in [3.63, 3.8) is 0 Å². The van der Waals surface area contributed by atoms with Crippen LogP contribution in [0.5, 0.6) is 0 Å². The second-order valence-electron chi connectivity index (χ2n) is 8.33. The van der Waals surface area contributed by atoms with E-state index in [2.05, 4.69) is 25.9 Å². The summed E-state index contributed by atoms with van der Waals surface area (Å²) in [7, 11) is 0. The zero-order valence-electron chi connectivity index (χ0n) is 17.9. The molecule has 5 rings (SSSR count). The molecule has 0 radical (unpaired) electrons. The fourth-order valence-corrected chi connectivity index (χ4v) is 4.81. The number of amides is 1. The number of pyridine rings is 1. The molecular weight excluding hydrogens is 404 g/mol. The van der Waals surface area contributed by atoms with Crippen LogP contribution in [0.25, 0.3) is 11.0 Å². The van der Waals surface area contributed by atoms with Crippen LogP contribution in [0.3, 0.4) is 0 Å². The van der Waals surface area contributed by atoms with E-state index < -0.39 is 0 Å². The minimum absolute atomic E-state index is 0.00695. The van der Waals surface area contributed by atoms with Crippen molar-refractivity contribution in [1.82, 2.24) is 19.9 Å². The molecule has 0 aliphatic carbocycles. The Kier molecular flexibility index (Phi) is 5.41. The molecule has 3 atom stereocenters. The van der Waals surface area contributed by atoms with Crippen LogP contribution in [0.1, 0.15) is 37.0 Å². The molecule has 2 bridgehead atoms. The van der Waals surface area contributed by atoms with Crippen LogP contribution >= 0.6 is 0 Å². The highest BCUT2D eigenvalue weighted by Gasteiger charge is 2.42. The first-order valence-electron chi connectivity index (χ1n) is 10.9. The lowest BCUT2D eigenvalue weighted by Gasteiger charge is -2.41. The largest absolute Gasteiger partial charge is 0.364 e. The van der Waals surface area contributed by atoms with Crippen molar-refractivity contribution in [2.24, 2.45) is 0 Å². The molecule has 3 aromatic rings. The molecule has 3 unspecified atom stereocenters. The maximum Gasteiger partial charge on any atom is 0.248 e. The average Bonchev–Trinajstić information content (AvgIpc) is 3.10. The molecule has 2 aliphatic heterocycles. The maximum atomic E-state index is 12.9. The molecule has 1 amide bonds. The number of nitriles is 1. The number of fused-ring (bicyclic) bond motifs is 3. The lowest BCUT2D eigenvalue weighted by atomic mass is 10.1. The second-order valence-corrected chi connectivity index (χ2v) is 8.33. The minimum atomic E-state index is -0.264. The number of carbonyl (C=O) groups excluding carboxylic acids is 1. The van der Waals surface area contributed by atoms with Gasteiger partial charge < -0.3 is 14.5 Å². The zero-order valence-corrected chi connectivity index (χ0v) is 17.9. The number of hydrogen-bond acceptors (Lipinski definition) is 7. The van der Waals surface area contributed by atoms with Gasteiger partial charge in [0.15, 0.2) is 0 Å². The van der Waals surface area contributed by atoms with Gasteiger partial charge in [0.05, 0.1) is 22.7 Å². The smallest absolute Gasteiger partial charge is 0.248 e. The number of carbonyl (C=O) groups is 1. The van der Waals surface area contributed by atoms with Crippen molar-refractivity contribution < 1.29 is 9.53 Å². The van der Waals surface area contributed by atoms with Crippen molar-refractivity contribution in [2.45, 2.75) is 38.0 Å². The normalized spacial score (nSPS) is 20.9. The van der Waals surface area contributed by atoms with Crippen LogP contribution < -0.4 is 4.90 Å². The van der Waals surface area contributed by atoms with E-state index in [1.54, 1.807) is 24.7 Å². The van der Waals surface area contributed by atoms with Gasteiger partial charge in [-0.25, -0.2) is 4.98 Å². The molecule has 8 nitrogen and oxygen atoms in total. The lowest BCUT2D eigenvalue weighted by molar-refractivity contribution is -0.139. The van der Waals surface area contributed by atoms with Gasteiger partial charge in [-0.2, -0.15) is 5.26 Å². The fraction of sp³-hybridized carbons (Fsp3) is 0.375. The van der Waals surface area contributed by atoms with E-state index in [1.807, 2.05) is 36.1 Å². The van der Waals surface area contributed by atoms with Gasteiger partial charge in [0.25, 0.3) is 0 Å². The third-order valence-corrected chi connectivity index (χ3v) is 6.40. The Hall–Kier alpha value is -3.57. The van der Waals surface area contributed by atoms with E-state index in [0.717, 1.165) is 35.3 Å². The van der Waals surface area contributed by atoms with Crippen LogP contribution in [-0.2, 0) is 9.53 Å². The third kappa shape index (κ3) is 3.76. The maximum absolute atomic E-state index is 12.9. The summed E-state index contributed by atoms with van der Waals surface area (Å²) in [6, 6.07) is 12.1. The van der Waals surface area contributed by atoms with Crippen LogP contribution in [0.2, 0.25) is 0 Å². The van der Waals surface area contributed by atoms with E-state index in [0.29, 0.717) is 18.7 Å². The van der Waals surface area contributed by atoms with Crippen molar-refractivity contribution in [3.8, 4) is 6.07 Å². The van der Waals surface area contributed by atoms with E-state index in [1.165, 1.54) is 0 Å². The first-order chi connectivity index (χ1) is 15.6. The number of ether oxygens (including phenoxy) is 1. The number of rotatable bonds is 5. The monoisotopic (exact) mass is 428 g/mol. The average molecular weight is 428 g/mol. The summed E-state index contributed by atoms with van der Waals surface area (Å²) in [6.45, 7) is 3.30. The number of piperazine rings is 1. The predicted octanol–water partition coefficient (Wildman–Crippen LogP) is 2.85. The van der Waals surface area contributed by atoms with E-state index >= 15 is 0 Å². The molecule has 2 fully saturated rings. The van der Waals surface area contributed by atoms with Gasteiger partial charge in [-0.15, -0.1) is 0 Å². The molecule has 2 aromatic heterocycles. The van der Waals surface area contributed by atoms with Gasteiger partial charge in [0.2, 0.25) is 5.91 Å². The molecule has 0 spiro atoms. The molecule has 0 saturated carbocycles. The third-order valence-electron chi connectivity index (χ3n) is 6.40. The Morgan fingerprint density at radius 3 is 2.66 bits per heavy atom. The quantitative estimate of drug-likeness (QED) is 0.617. The van der Waals surface area contributed by atoms with Gasteiger partial charge in [0, 0.05) is 49.3 Å². The van der Waals surface area contributed by atoms with Gasteiger partial charge in [-0.3, -0.25) is 14.8 Å². The zero-order chi connectivity index (χ0) is 22.1. The van der Waals surface area contributed by atoms with Crippen LogP contribution in [0.15, 0.2) is 48.9 Å². The number of benzene rings is 1. The first-order valence-corrected chi connectivity index (χ1v) is 10.9. The molecule has 2 saturated heterocycles. The number of likely N-dealkylation sites (tertiary alicyclic amines) is 1. The van der Waals surface area contributed by atoms with Gasteiger partial charge in [-0.05, 0) is 38.0 Å². The van der Waals surface area contributed by atoms with Gasteiger partial charge >= 0.3 is 0 Å². The molecule has 2 aliphatic rings. The highest BCUT2D eigenvalue weighted by molar-refractivity contribution is 5.79. The summed E-state index contributed by atoms with van der Waals surface area (Å²) in [4.78, 5) is 30.4. The molecule has 8 heteroatoms. The summed E-state index contributed by atoms with van der Waals surface area (Å²) in [6.07, 6.45) is 6.74. The Labute approximate surface area is 186 Å². The van der Waals surface area contributed by atoms with Crippen molar-refractivity contribution >= 4 is 22.8 Å². The topological polar surface area (TPSA) is 95.2 Å². The Balaban J connectivity index is 1.22. The summed E-state index contributed by atoms with van der Waals surface area (Å²) < 4.78 is 5.96. The molecule has 32 heavy (non-hydrogen) atoms. The number of hydrogen-bond donors (Lipinski definition) is 0. The molecule has 0 N–H and O–H groups in total.